The summed E-state index contributed by atoms with van der Waals surface area (Å²) in [6, 6.07) is 7.23. The van der Waals surface area contributed by atoms with E-state index in [-0.39, 0.29) is 5.13 Å². The van der Waals surface area contributed by atoms with E-state index < -0.39 is 10.0 Å². The third-order valence-electron chi connectivity index (χ3n) is 4.93. The first-order valence-corrected chi connectivity index (χ1v) is 12.9. The van der Waals surface area contributed by atoms with Crippen molar-refractivity contribution in [3.63, 3.8) is 0 Å². The lowest BCUT2D eigenvalue weighted by Crippen LogP contribution is -2.47. The van der Waals surface area contributed by atoms with Gasteiger partial charge in [0.15, 0.2) is 5.13 Å². The number of nitrogens with one attached hydrogen (secondary N) is 1. The van der Waals surface area contributed by atoms with Crippen molar-refractivity contribution in [1.82, 2.24) is 29.1 Å². The van der Waals surface area contributed by atoms with Crippen LogP contribution in [0.15, 0.2) is 24.4 Å². The Labute approximate surface area is 199 Å². The Balaban J connectivity index is 1.48. The lowest BCUT2D eigenvalue weighted by atomic mass is 10.2. The molecule has 3 aromatic heterocycles. The maximum absolute atomic E-state index is 11.7. The summed E-state index contributed by atoms with van der Waals surface area (Å²) in [5.41, 5.74) is 7.99. The Bertz CT molecular complexity index is 1320. The van der Waals surface area contributed by atoms with Gasteiger partial charge in [-0.3, -0.25) is 4.90 Å². The van der Waals surface area contributed by atoms with Gasteiger partial charge in [0.05, 0.1) is 17.6 Å². The Hall–Kier alpha value is -2.89. The molecular weight excluding hydrogens is 486 g/mol. The monoisotopic (exact) mass is 505 g/mol. The van der Waals surface area contributed by atoms with Crippen LogP contribution in [0.25, 0.3) is 11.4 Å². The highest BCUT2D eigenvalue weighted by Crippen LogP contribution is 2.28. The maximum Gasteiger partial charge on any atom is 0.227 e. The molecule has 11 nitrogen and oxygen atoms in total. The van der Waals surface area contributed by atoms with Crippen molar-refractivity contribution >= 4 is 49.7 Å². The number of hydrogen-bond acceptors (Lipinski definition) is 11. The molecule has 1 aliphatic heterocycles. The van der Waals surface area contributed by atoms with Gasteiger partial charge in [-0.25, -0.2) is 28.4 Å². The molecule has 0 bridgehead atoms. The summed E-state index contributed by atoms with van der Waals surface area (Å²) < 4.78 is 24.9. The number of nitrogen functional groups attached to an aromatic ring is 1. The molecule has 0 saturated carbocycles. The minimum Gasteiger partial charge on any atom is -0.375 e. The molecule has 0 atom stereocenters. The molecule has 0 aliphatic carbocycles. The van der Waals surface area contributed by atoms with Gasteiger partial charge >= 0.3 is 0 Å². The summed E-state index contributed by atoms with van der Waals surface area (Å²) in [7, 11) is -3.18. The molecule has 3 N–H and O–H groups in total. The van der Waals surface area contributed by atoms with Gasteiger partial charge < -0.3 is 11.1 Å². The van der Waals surface area contributed by atoms with E-state index in [2.05, 4.69) is 36.2 Å². The van der Waals surface area contributed by atoms with Crippen LogP contribution in [-0.2, 0) is 16.6 Å². The van der Waals surface area contributed by atoms with E-state index >= 15 is 0 Å². The molecule has 0 amide bonds. The van der Waals surface area contributed by atoms with Gasteiger partial charge in [0.1, 0.15) is 21.8 Å². The van der Waals surface area contributed by atoms with Crippen LogP contribution >= 0.6 is 22.9 Å². The van der Waals surface area contributed by atoms with Crippen LogP contribution in [0.5, 0.6) is 0 Å². The number of nitrogens with two attached hydrogens (primary N) is 1. The first kappa shape index (κ1) is 23.3. The molecule has 4 heterocycles. The fourth-order valence-corrected chi connectivity index (χ4v) is 5.11. The number of piperazine rings is 1. The summed E-state index contributed by atoms with van der Waals surface area (Å²) in [5, 5.41) is 13.0. The Morgan fingerprint density at radius 2 is 2.00 bits per heavy atom. The molecule has 3 aromatic rings. The minimum absolute atomic E-state index is 0.289. The van der Waals surface area contributed by atoms with E-state index in [9.17, 15) is 13.7 Å². The average Bonchev–Trinajstić information content (AvgIpc) is 3.14. The summed E-state index contributed by atoms with van der Waals surface area (Å²) >= 11 is 7.33. The second-order valence-corrected chi connectivity index (χ2v) is 10.7. The summed E-state index contributed by atoms with van der Waals surface area (Å²) in [4.78, 5) is 19.7. The van der Waals surface area contributed by atoms with E-state index in [0.717, 1.165) is 17.0 Å². The van der Waals surface area contributed by atoms with Crippen molar-refractivity contribution < 1.29 is 8.42 Å². The highest BCUT2D eigenvalue weighted by molar-refractivity contribution is 7.88. The van der Waals surface area contributed by atoms with Gasteiger partial charge in [0.25, 0.3) is 0 Å². The summed E-state index contributed by atoms with van der Waals surface area (Å²) in [5.74, 6) is 0.304. The van der Waals surface area contributed by atoms with Gasteiger partial charge in [0.2, 0.25) is 16.0 Å². The fraction of sp³-hybridized carbons (Fsp3) is 0.316. The van der Waals surface area contributed by atoms with Crippen LogP contribution in [0.4, 0.5) is 16.8 Å². The van der Waals surface area contributed by atoms with Crippen molar-refractivity contribution in [1.29, 1.82) is 5.26 Å². The van der Waals surface area contributed by atoms with Gasteiger partial charge in [-0.15, -0.1) is 0 Å². The van der Waals surface area contributed by atoms with E-state index in [4.69, 9.17) is 17.3 Å². The Kier molecular flexibility index (Phi) is 6.73. The number of nitriles is 1. The van der Waals surface area contributed by atoms with E-state index in [1.54, 1.807) is 18.3 Å². The van der Waals surface area contributed by atoms with Crippen molar-refractivity contribution in [2.75, 3.05) is 43.5 Å². The van der Waals surface area contributed by atoms with E-state index in [1.807, 2.05) is 6.07 Å². The second-order valence-electron chi connectivity index (χ2n) is 7.34. The molecule has 0 radical (unpaired) electrons. The van der Waals surface area contributed by atoms with Crippen molar-refractivity contribution in [3.8, 4) is 17.5 Å². The summed E-state index contributed by atoms with van der Waals surface area (Å²) in [6.45, 7) is 2.62. The topological polar surface area (TPSA) is 154 Å². The third kappa shape index (κ3) is 5.73. The zero-order valence-corrected chi connectivity index (χ0v) is 20.0. The largest absolute Gasteiger partial charge is 0.375 e. The Morgan fingerprint density at radius 1 is 1.24 bits per heavy atom. The van der Waals surface area contributed by atoms with Crippen LogP contribution in [0.2, 0.25) is 5.15 Å². The number of rotatable bonds is 6. The number of anilines is 3. The lowest BCUT2D eigenvalue weighted by Gasteiger charge is -2.33. The molecule has 4 rings (SSSR count). The number of nitrogens with zero attached hydrogens (tertiary/aromatic N) is 7. The third-order valence-corrected chi connectivity index (χ3v) is 7.22. The predicted octanol–water partition coefficient (Wildman–Crippen LogP) is 1.92. The number of hydrogen-bond donors (Lipinski definition) is 2. The number of halogens is 1. The molecule has 33 heavy (non-hydrogen) atoms. The van der Waals surface area contributed by atoms with Crippen molar-refractivity contribution in [3.05, 3.63) is 40.1 Å². The van der Waals surface area contributed by atoms with E-state index in [0.29, 0.717) is 65.8 Å². The second kappa shape index (κ2) is 9.54. The summed E-state index contributed by atoms with van der Waals surface area (Å²) in [6.07, 6.45) is 2.78. The van der Waals surface area contributed by atoms with Gasteiger partial charge in [0, 0.05) is 44.6 Å². The SMILES string of the molecule is CS(=O)(=O)N1CCN(Cc2cc(Nc3nccc(-c4nc(N)sc4C#N)n3)cc(Cl)n2)CC1. The molecule has 1 aliphatic rings. The van der Waals surface area contributed by atoms with E-state index in [1.165, 1.54) is 10.6 Å². The normalized spacial score (nSPS) is 15.3. The van der Waals surface area contributed by atoms with Crippen LogP contribution in [-0.4, -0.2) is 70.0 Å². The first-order valence-electron chi connectivity index (χ1n) is 9.82. The molecule has 172 valence electrons. The van der Waals surface area contributed by atoms with Crippen LogP contribution < -0.4 is 11.1 Å². The maximum atomic E-state index is 11.7. The van der Waals surface area contributed by atoms with Gasteiger partial charge in [-0.2, -0.15) is 9.57 Å². The minimum atomic E-state index is -3.18. The molecule has 1 fully saturated rings. The fourth-order valence-electron chi connectivity index (χ4n) is 3.42. The molecule has 0 spiro atoms. The highest BCUT2D eigenvalue weighted by atomic mass is 35.5. The van der Waals surface area contributed by atoms with Crippen molar-refractivity contribution in [2.45, 2.75) is 6.54 Å². The van der Waals surface area contributed by atoms with Crippen LogP contribution in [0, 0.1) is 11.3 Å². The molecule has 1 saturated heterocycles. The van der Waals surface area contributed by atoms with Crippen LogP contribution in [0.3, 0.4) is 0 Å². The van der Waals surface area contributed by atoms with Crippen LogP contribution in [0.1, 0.15) is 10.6 Å². The van der Waals surface area contributed by atoms with Gasteiger partial charge in [-0.05, 0) is 18.2 Å². The molecule has 0 aromatic carbocycles. The molecular formula is C19H20ClN9O2S2. The average molecular weight is 506 g/mol. The number of aromatic nitrogens is 4. The number of sulfonamides is 1. The van der Waals surface area contributed by atoms with Crippen molar-refractivity contribution in [2.24, 2.45) is 0 Å². The smallest absolute Gasteiger partial charge is 0.227 e. The standard InChI is InChI=1S/C19H20ClN9O2S2/c1-33(30,31)29-6-4-28(5-7-29)11-13-8-12(9-16(20)24-13)25-19-23-3-2-14(26-19)17-15(10-21)32-18(22)27-17/h2-3,8-9H,4-7,11H2,1H3,(H2,22,27)(H,23,24,25,26). The molecule has 14 heteroatoms. The highest BCUT2D eigenvalue weighted by Gasteiger charge is 2.23. The zero-order valence-electron chi connectivity index (χ0n) is 17.6. The number of pyridine rings is 1. The quantitative estimate of drug-likeness (QED) is 0.474. The number of thiazole rings is 1. The van der Waals surface area contributed by atoms with Gasteiger partial charge in [-0.1, -0.05) is 22.9 Å². The first-order chi connectivity index (χ1) is 15.7. The zero-order chi connectivity index (χ0) is 23.6. The lowest BCUT2D eigenvalue weighted by molar-refractivity contribution is 0.180. The predicted molar refractivity (Wildman–Crippen MR) is 126 cm³/mol. The molecule has 0 unspecified atom stereocenters. The Morgan fingerprint density at radius 3 is 2.70 bits per heavy atom.